The smallest absolute Gasteiger partial charge is 0.0905 e. The molecule has 0 spiro atoms. The van der Waals surface area contributed by atoms with E-state index in [-0.39, 0.29) is 5.84 Å². The summed E-state index contributed by atoms with van der Waals surface area (Å²) in [6, 6.07) is 0. The zero-order chi connectivity index (χ0) is 10.6. The normalized spacial score (nSPS) is 10.4. The van der Waals surface area contributed by atoms with E-state index in [1.165, 1.54) is 25.7 Å². The minimum atomic E-state index is 0.285. The first-order valence-corrected chi connectivity index (χ1v) is 5.68. The van der Waals surface area contributed by atoms with Crippen LogP contribution in [0.5, 0.6) is 0 Å². The molecule has 0 radical (unpaired) electrons. The summed E-state index contributed by atoms with van der Waals surface area (Å²) in [7, 11) is 0. The van der Waals surface area contributed by atoms with E-state index in [9.17, 15) is 0 Å². The zero-order valence-corrected chi connectivity index (χ0v) is 9.35. The number of nitrogens with one attached hydrogen (secondary N) is 1. The second kappa shape index (κ2) is 10.5. The van der Waals surface area contributed by atoms with Crippen molar-refractivity contribution in [2.75, 3.05) is 13.2 Å². The molecular formula is C11H24N2O. The number of hydrogen-bond donors (Lipinski definition) is 2. The Bertz CT molecular complexity index is 137. The van der Waals surface area contributed by atoms with Crippen LogP contribution in [0, 0.1) is 5.41 Å². The molecule has 84 valence electrons. The van der Waals surface area contributed by atoms with Gasteiger partial charge in [-0.2, -0.15) is 0 Å². The van der Waals surface area contributed by atoms with Crippen molar-refractivity contribution in [3.8, 4) is 0 Å². The largest absolute Gasteiger partial charge is 0.388 e. The van der Waals surface area contributed by atoms with Gasteiger partial charge in [0.1, 0.15) is 0 Å². The molecule has 14 heavy (non-hydrogen) atoms. The Morgan fingerprint density at radius 3 is 2.29 bits per heavy atom. The Morgan fingerprint density at radius 2 is 1.71 bits per heavy atom. The van der Waals surface area contributed by atoms with E-state index in [0.29, 0.717) is 6.42 Å². The van der Waals surface area contributed by atoms with Gasteiger partial charge in [-0.3, -0.25) is 5.41 Å². The predicted octanol–water partition coefficient (Wildman–Crippen LogP) is 2.69. The molecule has 0 rings (SSSR count). The van der Waals surface area contributed by atoms with Crippen LogP contribution in [-0.4, -0.2) is 19.0 Å². The van der Waals surface area contributed by atoms with Crippen LogP contribution < -0.4 is 5.73 Å². The fourth-order valence-electron chi connectivity index (χ4n) is 1.25. The zero-order valence-electron chi connectivity index (χ0n) is 9.35. The number of unbranched alkanes of at least 4 members (excludes halogenated alkanes) is 4. The van der Waals surface area contributed by atoms with Gasteiger partial charge in [0.05, 0.1) is 5.84 Å². The highest BCUT2D eigenvalue weighted by Gasteiger charge is 1.92. The van der Waals surface area contributed by atoms with E-state index >= 15 is 0 Å². The fraction of sp³-hybridized carbons (Fsp3) is 0.909. The average Bonchev–Trinajstić information content (AvgIpc) is 2.15. The Kier molecular flexibility index (Phi) is 10.1. The Hall–Kier alpha value is -0.570. The summed E-state index contributed by atoms with van der Waals surface area (Å²) in [5, 5.41) is 7.02. The molecule has 0 saturated heterocycles. The lowest BCUT2D eigenvalue weighted by atomic mass is 10.2. The van der Waals surface area contributed by atoms with Gasteiger partial charge in [0, 0.05) is 19.6 Å². The van der Waals surface area contributed by atoms with Gasteiger partial charge in [0.15, 0.2) is 0 Å². The molecule has 0 aromatic carbocycles. The standard InChI is InChI=1S/C11H24N2O/c1-2-3-4-6-9-14-10-7-5-8-11(12)13/h2-10H2,1H3,(H3,12,13). The predicted molar refractivity (Wildman–Crippen MR) is 60.7 cm³/mol. The number of hydrogen-bond acceptors (Lipinski definition) is 2. The molecule has 3 nitrogen and oxygen atoms in total. The number of rotatable bonds is 10. The molecule has 0 bridgehead atoms. The summed E-state index contributed by atoms with van der Waals surface area (Å²) in [5.41, 5.74) is 5.23. The van der Waals surface area contributed by atoms with Crippen LogP contribution in [0.25, 0.3) is 0 Å². The molecule has 0 aliphatic carbocycles. The number of amidine groups is 1. The molecule has 0 aromatic heterocycles. The third-order valence-electron chi connectivity index (χ3n) is 2.13. The highest BCUT2D eigenvalue weighted by molar-refractivity contribution is 5.76. The molecule has 0 aliphatic heterocycles. The Labute approximate surface area is 87.5 Å². The highest BCUT2D eigenvalue weighted by atomic mass is 16.5. The van der Waals surface area contributed by atoms with Crippen molar-refractivity contribution >= 4 is 5.84 Å². The Morgan fingerprint density at radius 1 is 1.07 bits per heavy atom. The van der Waals surface area contributed by atoms with Gasteiger partial charge in [-0.25, -0.2) is 0 Å². The van der Waals surface area contributed by atoms with E-state index in [1.807, 2.05) is 0 Å². The average molecular weight is 200 g/mol. The van der Waals surface area contributed by atoms with Crippen molar-refractivity contribution in [1.82, 2.24) is 0 Å². The molecule has 0 aliphatic rings. The van der Waals surface area contributed by atoms with Crippen molar-refractivity contribution in [3.63, 3.8) is 0 Å². The molecule has 0 heterocycles. The van der Waals surface area contributed by atoms with Crippen molar-refractivity contribution in [3.05, 3.63) is 0 Å². The SMILES string of the molecule is CCCCCCOCCCCC(=N)N. The molecule has 0 aromatic rings. The van der Waals surface area contributed by atoms with E-state index in [2.05, 4.69) is 6.92 Å². The number of ether oxygens (including phenoxy) is 1. The maximum atomic E-state index is 7.02. The second-order valence-electron chi connectivity index (χ2n) is 3.66. The van der Waals surface area contributed by atoms with Gasteiger partial charge >= 0.3 is 0 Å². The maximum absolute atomic E-state index is 7.02. The van der Waals surface area contributed by atoms with Crippen LogP contribution in [0.2, 0.25) is 0 Å². The summed E-state index contributed by atoms with van der Waals surface area (Å²) in [5.74, 6) is 0.285. The van der Waals surface area contributed by atoms with Crippen molar-refractivity contribution in [2.45, 2.75) is 51.9 Å². The van der Waals surface area contributed by atoms with E-state index in [0.717, 1.165) is 26.1 Å². The van der Waals surface area contributed by atoms with Crippen LogP contribution in [-0.2, 0) is 4.74 Å². The molecule has 0 unspecified atom stereocenters. The van der Waals surface area contributed by atoms with Gasteiger partial charge < -0.3 is 10.5 Å². The Balaban J connectivity index is 2.88. The van der Waals surface area contributed by atoms with Gasteiger partial charge in [-0.1, -0.05) is 26.2 Å². The monoisotopic (exact) mass is 200 g/mol. The molecule has 3 N–H and O–H groups in total. The van der Waals surface area contributed by atoms with E-state index < -0.39 is 0 Å². The third kappa shape index (κ3) is 11.4. The molecule has 0 atom stereocenters. The van der Waals surface area contributed by atoms with E-state index in [4.69, 9.17) is 15.9 Å². The lowest BCUT2D eigenvalue weighted by molar-refractivity contribution is 0.126. The molecule has 0 saturated carbocycles. The van der Waals surface area contributed by atoms with Gasteiger partial charge in [-0.15, -0.1) is 0 Å². The lowest BCUT2D eigenvalue weighted by Gasteiger charge is -2.03. The van der Waals surface area contributed by atoms with E-state index in [1.54, 1.807) is 0 Å². The first-order valence-electron chi connectivity index (χ1n) is 5.68. The molecule has 0 fully saturated rings. The summed E-state index contributed by atoms with van der Waals surface area (Å²) in [4.78, 5) is 0. The van der Waals surface area contributed by atoms with Gasteiger partial charge in [0.25, 0.3) is 0 Å². The lowest BCUT2D eigenvalue weighted by Crippen LogP contribution is -2.09. The van der Waals surface area contributed by atoms with Crippen LogP contribution in [0.15, 0.2) is 0 Å². The summed E-state index contributed by atoms with van der Waals surface area (Å²) in [6.07, 6.45) is 7.76. The maximum Gasteiger partial charge on any atom is 0.0905 e. The van der Waals surface area contributed by atoms with Gasteiger partial charge in [-0.05, 0) is 19.3 Å². The number of nitrogens with two attached hydrogens (primary N) is 1. The van der Waals surface area contributed by atoms with Gasteiger partial charge in [0.2, 0.25) is 0 Å². The topological polar surface area (TPSA) is 59.1 Å². The van der Waals surface area contributed by atoms with Crippen molar-refractivity contribution in [2.24, 2.45) is 5.73 Å². The van der Waals surface area contributed by atoms with Crippen LogP contribution in [0.1, 0.15) is 51.9 Å². The van der Waals surface area contributed by atoms with Crippen molar-refractivity contribution < 1.29 is 4.74 Å². The molecular weight excluding hydrogens is 176 g/mol. The third-order valence-corrected chi connectivity index (χ3v) is 2.13. The quantitative estimate of drug-likeness (QED) is 0.323. The minimum absolute atomic E-state index is 0.285. The highest BCUT2D eigenvalue weighted by Crippen LogP contribution is 2.00. The molecule has 0 amide bonds. The van der Waals surface area contributed by atoms with Crippen LogP contribution in [0.4, 0.5) is 0 Å². The summed E-state index contributed by atoms with van der Waals surface area (Å²) in [6.45, 7) is 3.92. The minimum Gasteiger partial charge on any atom is -0.388 e. The fourth-order valence-corrected chi connectivity index (χ4v) is 1.25. The second-order valence-corrected chi connectivity index (χ2v) is 3.66. The van der Waals surface area contributed by atoms with Crippen LogP contribution in [0.3, 0.4) is 0 Å². The summed E-state index contributed by atoms with van der Waals surface area (Å²) >= 11 is 0. The van der Waals surface area contributed by atoms with Crippen LogP contribution >= 0.6 is 0 Å². The first-order chi connectivity index (χ1) is 6.77. The molecule has 3 heteroatoms. The first kappa shape index (κ1) is 13.4. The van der Waals surface area contributed by atoms with Crippen molar-refractivity contribution in [1.29, 1.82) is 5.41 Å². The summed E-state index contributed by atoms with van der Waals surface area (Å²) < 4.78 is 5.45.